The van der Waals surface area contributed by atoms with Crippen LogP contribution in [0.1, 0.15) is 11.1 Å². The van der Waals surface area contributed by atoms with Crippen LogP contribution in [0.5, 0.6) is 0 Å². The van der Waals surface area contributed by atoms with Gasteiger partial charge in [0.1, 0.15) is 0 Å². The normalized spacial score (nSPS) is 11.7. The summed E-state index contributed by atoms with van der Waals surface area (Å²) in [6.45, 7) is 4.46. The molecular formula is C74H52N4. The third-order valence-corrected chi connectivity index (χ3v) is 16.1. The Morgan fingerprint density at radius 1 is 0.192 bits per heavy atom. The second-order valence-corrected chi connectivity index (χ2v) is 20.6. The summed E-state index contributed by atoms with van der Waals surface area (Å²) in [5, 5.41) is 10.3. The van der Waals surface area contributed by atoms with E-state index in [2.05, 4.69) is 311 Å². The summed E-state index contributed by atoms with van der Waals surface area (Å²) in [6.07, 6.45) is 0. The molecule has 16 rings (SSSR count). The SMILES string of the molecule is Cc1cc(-n2c3ccccc3c3ccccc32)ccc1-c1ccc(-n2c3ccccc3c3ccccc32)cc1C.c1ccc2c(c1)c1ccccc1n2-c1ccc(-c2ccc(-n3c4ccccc4c4ccccc43)cc2)cc1. The molecule has 16 aromatic rings. The quantitative estimate of drug-likeness (QED) is 0.158. The molecule has 12 aromatic carbocycles. The molecule has 0 N–H and O–H groups in total. The van der Waals surface area contributed by atoms with E-state index in [-0.39, 0.29) is 0 Å². The molecule has 0 saturated heterocycles. The van der Waals surface area contributed by atoms with Crippen molar-refractivity contribution in [3.63, 3.8) is 0 Å². The van der Waals surface area contributed by atoms with E-state index in [1.165, 1.54) is 143 Å². The van der Waals surface area contributed by atoms with Crippen LogP contribution in [0.25, 0.3) is 132 Å². The van der Waals surface area contributed by atoms with E-state index in [9.17, 15) is 0 Å². The summed E-state index contributed by atoms with van der Waals surface area (Å²) < 4.78 is 9.50. The van der Waals surface area contributed by atoms with Crippen molar-refractivity contribution in [3.8, 4) is 45.0 Å². The molecule has 0 amide bonds. The maximum atomic E-state index is 2.39. The predicted molar refractivity (Wildman–Crippen MR) is 331 cm³/mol. The van der Waals surface area contributed by atoms with Crippen molar-refractivity contribution < 1.29 is 0 Å². The molecule has 0 spiro atoms. The fraction of sp³-hybridized carbons (Fsp3) is 0.0270. The molecule has 0 fully saturated rings. The molecule has 0 saturated carbocycles. The minimum absolute atomic E-state index is 1.17. The average Bonchev–Trinajstić information content (AvgIpc) is 4.44. The zero-order chi connectivity index (χ0) is 51.8. The number of benzene rings is 12. The lowest BCUT2D eigenvalue weighted by Gasteiger charge is -2.15. The smallest absolute Gasteiger partial charge is 0.0541 e. The Bertz CT molecular complexity index is 4450. The molecule has 0 radical (unpaired) electrons. The minimum Gasteiger partial charge on any atom is -0.309 e. The van der Waals surface area contributed by atoms with Crippen LogP contribution in [-0.4, -0.2) is 18.3 Å². The van der Waals surface area contributed by atoms with Crippen LogP contribution in [0.4, 0.5) is 0 Å². The van der Waals surface area contributed by atoms with E-state index in [4.69, 9.17) is 0 Å². The lowest BCUT2D eigenvalue weighted by Crippen LogP contribution is -1.98. The van der Waals surface area contributed by atoms with Gasteiger partial charge in [0.15, 0.2) is 0 Å². The van der Waals surface area contributed by atoms with E-state index < -0.39 is 0 Å². The van der Waals surface area contributed by atoms with E-state index in [1.807, 2.05) is 0 Å². The predicted octanol–water partition coefficient (Wildman–Crippen LogP) is 19.7. The Morgan fingerprint density at radius 2 is 0.385 bits per heavy atom. The van der Waals surface area contributed by atoms with Gasteiger partial charge in [-0.1, -0.05) is 182 Å². The number of hydrogen-bond acceptors (Lipinski definition) is 0. The maximum Gasteiger partial charge on any atom is 0.0541 e. The van der Waals surface area contributed by atoms with Crippen molar-refractivity contribution in [2.75, 3.05) is 0 Å². The third-order valence-electron chi connectivity index (χ3n) is 16.1. The van der Waals surface area contributed by atoms with Crippen LogP contribution in [-0.2, 0) is 0 Å². The van der Waals surface area contributed by atoms with Gasteiger partial charge in [0.05, 0.1) is 44.1 Å². The van der Waals surface area contributed by atoms with Gasteiger partial charge in [0, 0.05) is 65.8 Å². The molecule has 0 bridgehead atoms. The fourth-order valence-corrected chi connectivity index (χ4v) is 12.6. The topological polar surface area (TPSA) is 19.7 Å². The first-order valence-electron chi connectivity index (χ1n) is 26.9. The summed E-state index contributed by atoms with van der Waals surface area (Å²) in [5.74, 6) is 0. The second kappa shape index (κ2) is 18.3. The largest absolute Gasteiger partial charge is 0.309 e. The zero-order valence-corrected chi connectivity index (χ0v) is 43.3. The van der Waals surface area contributed by atoms with Crippen LogP contribution in [0.2, 0.25) is 0 Å². The van der Waals surface area contributed by atoms with Gasteiger partial charge in [0.2, 0.25) is 0 Å². The van der Waals surface area contributed by atoms with Crippen molar-refractivity contribution >= 4 is 87.2 Å². The molecule has 4 heterocycles. The second-order valence-electron chi connectivity index (χ2n) is 20.6. The van der Waals surface area contributed by atoms with Crippen molar-refractivity contribution in [1.29, 1.82) is 0 Å². The summed E-state index contributed by atoms with van der Waals surface area (Å²) in [6, 6.07) is 101. The standard InChI is InChI=1S/C38H28N2.C36H24N2/c1-25-23-27(39-35-15-7-3-11-31(35)32-12-4-8-16-36(32)39)19-21-29(25)30-22-20-28(24-26(30)2)40-37-17-9-5-13-33(37)34-14-6-10-18-38(34)40;1-5-13-33-29(9-1)30-10-2-6-14-34(30)37(33)27-21-17-25(18-22-27)26-19-23-28(24-20-26)38-35-15-7-3-11-31(35)32-12-4-8-16-36(32)38/h3-24H,1-2H3;1-24H. The van der Waals surface area contributed by atoms with Gasteiger partial charge in [-0.2, -0.15) is 0 Å². The number of hydrogen-bond donors (Lipinski definition) is 0. The van der Waals surface area contributed by atoms with Gasteiger partial charge in [-0.3, -0.25) is 0 Å². The Balaban J connectivity index is 0.000000136. The Labute approximate surface area is 452 Å². The van der Waals surface area contributed by atoms with Crippen molar-refractivity contribution in [2.45, 2.75) is 13.8 Å². The maximum absolute atomic E-state index is 2.39. The molecule has 0 aliphatic heterocycles. The summed E-state index contributed by atoms with van der Waals surface area (Å²) >= 11 is 0. The van der Waals surface area contributed by atoms with Crippen molar-refractivity contribution in [1.82, 2.24) is 18.3 Å². The highest BCUT2D eigenvalue weighted by Gasteiger charge is 2.18. The van der Waals surface area contributed by atoms with E-state index >= 15 is 0 Å². The number of aromatic nitrogens is 4. The summed E-state index contributed by atoms with van der Waals surface area (Å²) in [5.41, 5.74) is 22.1. The molecule has 78 heavy (non-hydrogen) atoms. The number of rotatable bonds is 6. The lowest BCUT2D eigenvalue weighted by molar-refractivity contribution is 1.16. The molecular weight excluding hydrogens is 945 g/mol. The highest BCUT2D eigenvalue weighted by atomic mass is 15.0. The van der Waals surface area contributed by atoms with Gasteiger partial charge in [-0.15, -0.1) is 0 Å². The lowest BCUT2D eigenvalue weighted by atomic mass is 9.95. The highest BCUT2D eigenvalue weighted by Crippen LogP contribution is 2.39. The van der Waals surface area contributed by atoms with Gasteiger partial charge in [0.25, 0.3) is 0 Å². The number of para-hydroxylation sites is 8. The Kier molecular flexibility index (Phi) is 10.6. The molecule has 4 heteroatoms. The van der Waals surface area contributed by atoms with Crippen molar-refractivity contribution in [3.05, 3.63) is 290 Å². The molecule has 4 nitrogen and oxygen atoms in total. The number of nitrogens with zero attached hydrogens (tertiary/aromatic N) is 4. The van der Waals surface area contributed by atoms with Crippen LogP contribution in [0, 0.1) is 13.8 Å². The Morgan fingerprint density at radius 3 is 0.603 bits per heavy atom. The van der Waals surface area contributed by atoms with Crippen LogP contribution in [0.15, 0.2) is 279 Å². The van der Waals surface area contributed by atoms with Gasteiger partial charge in [-0.05, 0) is 144 Å². The van der Waals surface area contributed by atoms with Crippen LogP contribution < -0.4 is 0 Å². The van der Waals surface area contributed by atoms with Gasteiger partial charge >= 0.3 is 0 Å². The minimum atomic E-state index is 1.17. The average molecular weight is 997 g/mol. The monoisotopic (exact) mass is 996 g/mol. The molecule has 4 aromatic heterocycles. The van der Waals surface area contributed by atoms with E-state index in [0.717, 1.165) is 0 Å². The first kappa shape index (κ1) is 45.3. The molecule has 0 atom stereocenters. The van der Waals surface area contributed by atoms with Gasteiger partial charge < -0.3 is 18.3 Å². The van der Waals surface area contributed by atoms with Crippen molar-refractivity contribution in [2.24, 2.45) is 0 Å². The summed E-state index contributed by atoms with van der Waals surface area (Å²) in [4.78, 5) is 0. The first-order chi connectivity index (χ1) is 38.6. The number of fused-ring (bicyclic) bond motifs is 12. The third kappa shape index (κ3) is 7.22. The van der Waals surface area contributed by atoms with E-state index in [1.54, 1.807) is 0 Å². The summed E-state index contributed by atoms with van der Waals surface area (Å²) in [7, 11) is 0. The molecule has 0 aliphatic carbocycles. The molecule has 0 unspecified atom stereocenters. The highest BCUT2D eigenvalue weighted by molar-refractivity contribution is 6.12. The molecule has 368 valence electrons. The zero-order valence-electron chi connectivity index (χ0n) is 43.3. The fourth-order valence-electron chi connectivity index (χ4n) is 12.6. The first-order valence-corrected chi connectivity index (χ1v) is 26.9. The Hall–Kier alpha value is -10.2. The van der Waals surface area contributed by atoms with E-state index in [0.29, 0.717) is 0 Å². The number of aryl methyl sites for hydroxylation is 2. The van der Waals surface area contributed by atoms with Gasteiger partial charge in [-0.25, -0.2) is 0 Å². The van der Waals surface area contributed by atoms with Crippen LogP contribution >= 0.6 is 0 Å². The molecule has 0 aliphatic rings. The van der Waals surface area contributed by atoms with Crippen LogP contribution in [0.3, 0.4) is 0 Å².